The largest absolute Gasteiger partial charge is 0.496 e. The molecule has 0 atom stereocenters. The van der Waals surface area contributed by atoms with E-state index in [1.807, 2.05) is 62.4 Å². The van der Waals surface area contributed by atoms with Crippen LogP contribution in [0.25, 0.3) is 22.6 Å². The third-order valence-electron chi connectivity index (χ3n) is 5.02. The van der Waals surface area contributed by atoms with Crippen molar-refractivity contribution in [3.8, 4) is 17.2 Å². The second-order valence-corrected chi connectivity index (χ2v) is 8.50. The minimum absolute atomic E-state index is 0.174. The van der Waals surface area contributed by atoms with Crippen molar-refractivity contribution < 1.29 is 13.9 Å². The van der Waals surface area contributed by atoms with Crippen LogP contribution < -0.4 is 15.4 Å². The molecule has 0 unspecified atom stereocenters. The van der Waals surface area contributed by atoms with Crippen LogP contribution in [0, 0.1) is 13.8 Å². The summed E-state index contributed by atoms with van der Waals surface area (Å²) in [5.74, 6) is 0.663. The van der Waals surface area contributed by atoms with Gasteiger partial charge in [0.1, 0.15) is 11.3 Å². The third-order valence-corrected chi connectivity index (χ3v) is 5.68. The molecule has 0 saturated carbocycles. The van der Waals surface area contributed by atoms with Crippen LogP contribution in [0.3, 0.4) is 0 Å². The van der Waals surface area contributed by atoms with Gasteiger partial charge in [0.05, 0.1) is 12.7 Å². The number of oxazole rings is 1. The Balaban J connectivity index is 1.55. The third kappa shape index (κ3) is 4.37. The summed E-state index contributed by atoms with van der Waals surface area (Å²) in [6, 6.07) is 16.9. The van der Waals surface area contributed by atoms with E-state index in [1.165, 1.54) is 7.11 Å². The molecule has 0 saturated heterocycles. The maximum atomic E-state index is 12.8. The molecule has 162 valence electrons. The van der Waals surface area contributed by atoms with E-state index in [9.17, 15) is 4.79 Å². The van der Waals surface area contributed by atoms with Gasteiger partial charge < -0.3 is 14.5 Å². The molecule has 1 heterocycles. The highest BCUT2D eigenvalue weighted by molar-refractivity contribution is 9.10. The maximum Gasteiger partial charge on any atom is 0.261 e. The SMILES string of the molecule is COc1c(C)cc(Br)cc1C(=O)NC(=S)Nc1cccc(-c2nc3ccccc3o2)c1C. The number of hydrogen-bond acceptors (Lipinski definition) is 5. The van der Waals surface area contributed by atoms with E-state index >= 15 is 0 Å². The number of nitrogens with one attached hydrogen (secondary N) is 2. The van der Waals surface area contributed by atoms with E-state index in [0.29, 0.717) is 17.2 Å². The van der Waals surface area contributed by atoms with Gasteiger partial charge in [-0.1, -0.05) is 34.1 Å². The molecule has 0 spiro atoms. The highest BCUT2D eigenvalue weighted by Gasteiger charge is 2.18. The fraction of sp³-hybridized carbons (Fsp3) is 0.125. The topological polar surface area (TPSA) is 76.4 Å². The number of amides is 1. The second-order valence-electron chi connectivity index (χ2n) is 7.18. The maximum absolute atomic E-state index is 12.8. The van der Waals surface area contributed by atoms with E-state index in [1.54, 1.807) is 6.07 Å². The van der Waals surface area contributed by atoms with Gasteiger partial charge in [0.25, 0.3) is 5.91 Å². The van der Waals surface area contributed by atoms with Crippen molar-refractivity contribution in [3.05, 3.63) is 75.8 Å². The number of anilines is 1. The van der Waals surface area contributed by atoms with Gasteiger partial charge in [-0.25, -0.2) is 4.98 Å². The molecule has 4 rings (SSSR count). The van der Waals surface area contributed by atoms with Crippen LogP contribution in [-0.4, -0.2) is 23.1 Å². The zero-order valence-corrected chi connectivity index (χ0v) is 20.1. The van der Waals surface area contributed by atoms with Crippen molar-refractivity contribution in [2.75, 3.05) is 12.4 Å². The average molecular weight is 510 g/mol. The Morgan fingerprint density at radius 1 is 1.12 bits per heavy atom. The Morgan fingerprint density at radius 2 is 1.91 bits per heavy atom. The summed E-state index contributed by atoms with van der Waals surface area (Å²) in [6.45, 7) is 3.82. The summed E-state index contributed by atoms with van der Waals surface area (Å²) in [7, 11) is 1.53. The number of hydrogen-bond donors (Lipinski definition) is 2. The minimum Gasteiger partial charge on any atom is -0.496 e. The predicted molar refractivity (Wildman–Crippen MR) is 133 cm³/mol. The number of para-hydroxylation sites is 2. The molecule has 0 aliphatic heterocycles. The Kier molecular flexibility index (Phi) is 6.25. The summed E-state index contributed by atoms with van der Waals surface area (Å²) in [5.41, 5.74) is 5.22. The van der Waals surface area contributed by atoms with Crippen molar-refractivity contribution in [2.24, 2.45) is 0 Å². The van der Waals surface area contributed by atoms with Gasteiger partial charge in [0.2, 0.25) is 5.89 Å². The molecule has 0 aliphatic rings. The summed E-state index contributed by atoms with van der Waals surface area (Å²) in [4.78, 5) is 17.4. The van der Waals surface area contributed by atoms with E-state index < -0.39 is 0 Å². The lowest BCUT2D eigenvalue weighted by molar-refractivity contribution is 0.0974. The first-order valence-corrected chi connectivity index (χ1v) is 11.0. The van der Waals surface area contributed by atoms with Gasteiger partial charge in [0, 0.05) is 15.7 Å². The minimum atomic E-state index is -0.364. The highest BCUT2D eigenvalue weighted by Crippen LogP contribution is 2.31. The van der Waals surface area contributed by atoms with E-state index in [-0.39, 0.29) is 11.0 Å². The number of thiocarbonyl (C=S) groups is 1. The molecule has 6 nitrogen and oxygen atoms in total. The van der Waals surface area contributed by atoms with Crippen molar-refractivity contribution in [1.82, 2.24) is 10.3 Å². The lowest BCUT2D eigenvalue weighted by Crippen LogP contribution is -2.34. The molecule has 1 amide bonds. The van der Waals surface area contributed by atoms with Crippen molar-refractivity contribution >= 4 is 56.0 Å². The number of nitrogens with zero attached hydrogens (tertiary/aromatic N) is 1. The number of methoxy groups -OCH3 is 1. The van der Waals surface area contributed by atoms with Crippen molar-refractivity contribution in [3.63, 3.8) is 0 Å². The number of aromatic nitrogens is 1. The number of carbonyl (C=O) groups excluding carboxylic acids is 1. The number of carbonyl (C=O) groups is 1. The van der Waals surface area contributed by atoms with Crippen LogP contribution >= 0.6 is 28.1 Å². The molecule has 0 bridgehead atoms. The molecule has 1 aromatic heterocycles. The van der Waals surface area contributed by atoms with Crippen LogP contribution in [0.2, 0.25) is 0 Å². The Labute approximate surface area is 199 Å². The number of aryl methyl sites for hydroxylation is 1. The molecule has 3 aromatic carbocycles. The van der Waals surface area contributed by atoms with Crippen LogP contribution in [-0.2, 0) is 0 Å². The van der Waals surface area contributed by atoms with E-state index in [0.717, 1.165) is 38.0 Å². The second kappa shape index (κ2) is 9.10. The number of fused-ring (bicyclic) bond motifs is 1. The van der Waals surface area contributed by atoms with Crippen molar-refractivity contribution in [2.45, 2.75) is 13.8 Å². The summed E-state index contributed by atoms with van der Waals surface area (Å²) < 4.78 is 12.1. The smallest absolute Gasteiger partial charge is 0.261 e. The normalized spacial score (nSPS) is 10.8. The van der Waals surface area contributed by atoms with Gasteiger partial charge in [-0.15, -0.1) is 0 Å². The highest BCUT2D eigenvalue weighted by atomic mass is 79.9. The number of rotatable bonds is 4. The molecule has 2 N–H and O–H groups in total. The van der Waals surface area contributed by atoms with Crippen LogP contribution in [0.5, 0.6) is 5.75 Å². The van der Waals surface area contributed by atoms with Gasteiger partial charge in [-0.2, -0.15) is 0 Å². The molecular weight excluding hydrogens is 490 g/mol. The Morgan fingerprint density at radius 3 is 2.66 bits per heavy atom. The van der Waals surface area contributed by atoms with Gasteiger partial charge in [0.15, 0.2) is 10.7 Å². The number of ether oxygens (including phenoxy) is 1. The Hall–Kier alpha value is -3.23. The fourth-order valence-corrected chi connectivity index (χ4v) is 4.26. The molecule has 4 aromatic rings. The average Bonchev–Trinajstić information content (AvgIpc) is 3.18. The lowest BCUT2D eigenvalue weighted by atomic mass is 10.1. The number of benzene rings is 3. The van der Waals surface area contributed by atoms with E-state index in [4.69, 9.17) is 21.4 Å². The van der Waals surface area contributed by atoms with Gasteiger partial charge >= 0.3 is 0 Å². The van der Waals surface area contributed by atoms with Gasteiger partial charge in [-0.3, -0.25) is 10.1 Å². The molecule has 0 fully saturated rings. The quantitative estimate of drug-likeness (QED) is 0.328. The van der Waals surface area contributed by atoms with Crippen LogP contribution in [0.15, 0.2) is 63.5 Å². The zero-order valence-electron chi connectivity index (χ0n) is 17.7. The van der Waals surface area contributed by atoms with E-state index in [2.05, 4.69) is 31.5 Å². The molecule has 8 heteroatoms. The summed E-state index contributed by atoms with van der Waals surface area (Å²) in [6.07, 6.45) is 0. The van der Waals surface area contributed by atoms with Crippen LogP contribution in [0.4, 0.5) is 5.69 Å². The molecular formula is C24H20BrN3O3S. The monoisotopic (exact) mass is 509 g/mol. The summed E-state index contributed by atoms with van der Waals surface area (Å²) in [5, 5.41) is 6.00. The first-order valence-electron chi connectivity index (χ1n) is 9.79. The summed E-state index contributed by atoms with van der Waals surface area (Å²) >= 11 is 8.81. The fourth-order valence-electron chi connectivity index (χ4n) is 3.48. The lowest BCUT2D eigenvalue weighted by Gasteiger charge is -2.15. The van der Waals surface area contributed by atoms with Gasteiger partial charge in [-0.05, 0) is 73.6 Å². The molecule has 0 aliphatic carbocycles. The standard InChI is InChI=1S/C24H20BrN3O3S/c1-13-11-15(25)12-17(21(13)30-3)22(29)28-24(32)27-18-9-6-7-16(14(18)2)23-26-19-8-4-5-10-20(19)31-23/h4-12H,1-3H3,(H2,27,28,29,32). The first-order chi connectivity index (χ1) is 15.4. The van der Waals surface area contributed by atoms with Crippen LogP contribution in [0.1, 0.15) is 21.5 Å². The zero-order chi connectivity index (χ0) is 22.8. The number of halogens is 1. The first kappa shape index (κ1) is 22.0. The van der Waals surface area contributed by atoms with Crippen molar-refractivity contribution in [1.29, 1.82) is 0 Å². The Bertz CT molecular complexity index is 1320. The molecule has 32 heavy (non-hydrogen) atoms. The molecule has 0 radical (unpaired) electrons. The predicted octanol–water partition coefficient (Wildman–Crippen LogP) is 6.01.